The number of anilines is 1. The fourth-order valence-electron chi connectivity index (χ4n) is 4.34. The molecule has 194 valence electrons. The highest BCUT2D eigenvalue weighted by Crippen LogP contribution is 2.49. The van der Waals surface area contributed by atoms with Gasteiger partial charge in [0.25, 0.3) is 0 Å². The third-order valence-corrected chi connectivity index (χ3v) is 8.36. The van der Waals surface area contributed by atoms with Gasteiger partial charge in [0, 0.05) is 12.2 Å². The van der Waals surface area contributed by atoms with Gasteiger partial charge in [0.05, 0.1) is 23.5 Å². The van der Waals surface area contributed by atoms with E-state index in [0.717, 1.165) is 35.1 Å². The van der Waals surface area contributed by atoms with Crippen LogP contribution in [-0.2, 0) is 36.3 Å². The Bertz CT molecular complexity index is 1380. The molecule has 0 radical (unpaired) electrons. The average molecular weight is 521 g/mol. The van der Waals surface area contributed by atoms with Crippen molar-refractivity contribution in [2.45, 2.75) is 50.5 Å². The molecule has 0 atom stereocenters. The van der Waals surface area contributed by atoms with Crippen LogP contribution in [0.2, 0.25) is 0 Å². The van der Waals surface area contributed by atoms with Gasteiger partial charge in [-0.15, -0.1) is 0 Å². The molecular formula is C29H32N2O5S. The molecule has 3 aromatic rings. The van der Waals surface area contributed by atoms with Gasteiger partial charge in [-0.25, -0.2) is 8.42 Å². The summed E-state index contributed by atoms with van der Waals surface area (Å²) >= 11 is 0. The Morgan fingerprint density at radius 2 is 1.62 bits per heavy atom. The highest BCUT2D eigenvalue weighted by molar-refractivity contribution is 7.89. The highest BCUT2D eigenvalue weighted by atomic mass is 32.2. The molecule has 37 heavy (non-hydrogen) atoms. The normalized spacial score (nSPS) is 14.3. The summed E-state index contributed by atoms with van der Waals surface area (Å²) in [5.74, 6) is -0.678. The molecule has 0 heterocycles. The van der Waals surface area contributed by atoms with E-state index < -0.39 is 21.3 Å². The predicted octanol–water partition coefficient (Wildman–Crippen LogP) is 4.73. The second kappa shape index (κ2) is 10.9. The molecule has 1 amide bonds. The first-order valence-electron chi connectivity index (χ1n) is 12.3. The lowest BCUT2D eigenvalue weighted by Crippen LogP contribution is -2.37. The lowest BCUT2D eigenvalue weighted by atomic mass is 9.96. The number of aryl methyl sites for hydroxylation is 2. The molecule has 0 aliphatic heterocycles. The Labute approximate surface area is 218 Å². The molecule has 8 heteroatoms. The van der Waals surface area contributed by atoms with Gasteiger partial charge >= 0.3 is 5.97 Å². The summed E-state index contributed by atoms with van der Waals surface area (Å²) in [6.07, 6.45) is 1.48. The summed E-state index contributed by atoms with van der Waals surface area (Å²) in [6.45, 7) is 5.65. The topological polar surface area (TPSA) is 92.8 Å². The van der Waals surface area contributed by atoms with Crippen molar-refractivity contribution in [1.82, 2.24) is 4.31 Å². The first-order valence-corrected chi connectivity index (χ1v) is 13.8. The molecule has 4 rings (SSSR count). The smallest absolute Gasteiger partial charge is 0.316 e. The summed E-state index contributed by atoms with van der Waals surface area (Å²) < 4.78 is 33.4. The van der Waals surface area contributed by atoms with Crippen LogP contribution < -0.4 is 5.32 Å². The summed E-state index contributed by atoms with van der Waals surface area (Å²) in [4.78, 5) is 25.5. The van der Waals surface area contributed by atoms with Crippen LogP contribution in [0.25, 0.3) is 0 Å². The molecule has 0 spiro atoms. The second-order valence-electron chi connectivity index (χ2n) is 9.50. The molecule has 1 aliphatic rings. The Morgan fingerprint density at radius 3 is 2.22 bits per heavy atom. The van der Waals surface area contributed by atoms with Crippen molar-refractivity contribution in [3.05, 3.63) is 95.1 Å². The van der Waals surface area contributed by atoms with Crippen LogP contribution in [0, 0.1) is 13.8 Å². The van der Waals surface area contributed by atoms with Gasteiger partial charge in [-0.3, -0.25) is 9.59 Å². The van der Waals surface area contributed by atoms with Gasteiger partial charge in [0.15, 0.2) is 0 Å². The zero-order chi connectivity index (χ0) is 26.6. The first kappa shape index (κ1) is 26.6. The van der Waals surface area contributed by atoms with Crippen LogP contribution >= 0.6 is 0 Å². The molecule has 7 nitrogen and oxygen atoms in total. The monoisotopic (exact) mass is 520 g/mol. The Balaban J connectivity index is 1.51. The fraction of sp³-hybridized carbons (Fsp3) is 0.310. The van der Waals surface area contributed by atoms with E-state index in [9.17, 15) is 18.0 Å². The van der Waals surface area contributed by atoms with E-state index >= 15 is 0 Å². The fourth-order valence-corrected chi connectivity index (χ4v) is 5.72. The first-order chi connectivity index (χ1) is 17.6. The molecule has 0 bridgehead atoms. The zero-order valence-electron chi connectivity index (χ0n) is 21.4. The molecule has 1 saturated carbocycles. The minimum atomic E-state index is -3.93. The molecule has 0 saturated heterocycles. The lowest BCUT2D eigenvalue weighted by molar-refractivity contribution is -0.146. The number of benzene rings is 3. The number of esters is 1. The number of carbonyl (C=O) groups excluding carboxylic acids is 2. The van der Waals surface area contributed by atoms with Crippen molar-refractivity contribution in [3.8, 4) is 0 Å². The van der Waals surface area contributed by atoms with E-state index in [2.05, 4.69) is 5.32 Å². The van der Waals surface area contributed by atoms with Crippen LogP contribution in [0.1, 0.15) is 42.0 Å². The number of nitrogens with one attached hydrogen (secondary N) is 1. The van der Waals surface area contributed by atoms with E-state index in [4.69, 9.17) is 4.74 Å². The van der Waals surface area contributed by atoms with Crippen molar-refractivity contribution < 1.29 is 22.7 Å². The zero-order valence-corrected chi connectivity index (χ0v) is 22.2. The third kappa shape index (κ3) is 6.09. The highest BCUT2D eigenvalue weighted by Gasteiger charge is 2.52. The quantitative estimate of drug-likeness (QED) is 0.390. The van der Waals surface area contributed by atoms with Crippen molar-refractivity contribution in [1.29, 1.82) is 0 Å². The minimum absolute atomic E-state index is 0.0618. The summed E-state index contributed by atoms with van der Waals surface area (Å²) in [5, 5.41) is 2.79. The average Bonchev–Trinajstić information content (AvgIpc) is 3.67. The number of hydrogen-bond acceptors (Lipinski definition) is 5. The van der Waals surface area contributed by atoms with E-state index in [0.29, 0.717) is 12.3 Å². The maximum absolute atomic E-state index is 13.5. The summed E-state index contributed by atoms with van der Waals surface area (Å²) in [6, 6.07) is 21.2. The SMILES string of the molecule is CCOC(=O)C1(c2ccc(NC(=O)CN(Cc3cccc(C)c3)S(=O)(=O)c3ccc(C)cc3)cc2)CC1. The van der Waals surface area contributed by atoms with Crippen LogP contribution in [0.15, 0.2) is 77.7 Å². The molecular weight excluding hydrogens is 488 g/mol. The molecule has 1 aliphatic carbocycles. The lowest BCUT2D eigenvalue weighted by Gasteiger charge is -2.22. The van der Waals surface area contributed by atoms with Gasteiger partial charge < -0.3 is 10.1 Å². The minimum Gasteiger partial charge on any atom is -0.465 e. The number of carbonyl (C=O) groups is 2. The van der Waals surface area contributed by atoms with Gasteiger partial charge in [0.2, 0.25) is 15.9 Å². The van der Waals surface area contributed by atoms with Gasteiger partial charge in [0.1, 0.15) is 0 Å². The predicted molar refractivity (Wildman–Crippen MR) is 143 cm³/mol. The number of hydrogen-bond donors (Lipinski definition) is 1. The van der Waals surface area contributed by atoms with Crippen LogP contribution in [0.3, 0.4) is 0 Å². The molecule has 1 fully saturated rings. The third-order valence-electron chi connectivity index (χ3n) is 6.56. The number of amides is 1. The Morgan fingerprint density at radius 1 is 0.946 bits per heavy atom. The molecule has 1 N–H and O–H groups in total. The maximum Gasteiger partial charge on any atom is 0.316 e. The van der Waals surface area contributed by atoms with Crippen LogP contribution in [0.4, 0.5) is 5.69 Å². The van der Waals surface area contributed by atoms with Crippen LogP contribution in [-0.4, -0.2) is 37.8 Å². The van der Waals surface area contributed by atoms with E-state index in [1.807, 2.05) is 50.2 Å². The summed E-state index contributed by atoms with van der Waals surface area (Å²) in [7, 11) is -3.93. The molecule has 0 aromatic heterocycles. The standard InChI is InChI=1S/C29H32N2O5S/c1-4-36-28(33)29(16-17-29)24-10-12-25(13-11-24)30-27(32)20-31(19-23-7-5-6-22(3)18-23)37(34,35)26-14-8-21(2)9-15-26/h5-15,18H,4,16-17,19-20H2,1-3H3,(H,30,32). The van der Waals surface area contributed by atoms with E-state index in [-0.39, 0.29) is 24.0 Å². The second-order valence-corrected chi connectivity index (χ2v) is 11.4. The molecule has 3 aromatic carbocycles. The van der Waals surface area contributed by atoms with Crippen LogP contribution in [0.5, 0.6) is 0 Å². The van der Waals surface area contributed by atoms with Crippen molar-refractivity contribution in [2.75, 3.05) is 18.5 Å². The molecule has 0 unspecified atom stereocenters. The number of rotatable bonds is 10. The van der Waals surface area contributed by atoms with Crippen molar-refractivity contribution in [3.63, 3.8) is 0 Å². The number of ether oxygens (including phenoxy) is 1. The van der Waals surface area contributed by atoms with E-state index in [1.54, 1.807) is 43.3 Å². The maximum atomic E-state index is 13.5. The largest absolute Gasteiger partial charge is 0.465 e. The van der Waals surface area contributed by atoms with Crippen molar-refractivity contribution >= 4 is 27.6 Å². The Kier molecular flexibility index (Phi) is 7.80. The number of sulfonamides is 1. The van der Waals surface area contributed by atoms with Gasteiger partial charge in [-0.05, 0) is 69.0 Å². The Hall–Kier alpha value is -3.49. The van der Waals surface area contributed by atoms with Crippen molar-refractivity contribution in [2.24, 2.45) is 0 Å². The van der Waals surface area contributed by atoms with Gasteiger partial charge in [-0.1, -0.05) is 59.7 Å². The van der Waals surface area contributed by atoms with Gasteiger partial charge in [-0.2, -0.15) is 4.31 Å². The number of nitrogens with zero attached hydrogens (tertiary/aromatic N) is 1. The van der Waals surface area contributed by atoms with E-state index in [1.165, 1.54) is 4.31 Å². The summed E-state index contributed by atoms with van der Waals surface area (Å²) in [5.41, 5.74) is 3.53.